The van der Waals surface area contributed by atoms with Gasteiger partial charge in [-0.1, -0.05) is 6.92 Å². The molecular weight excluding hydrogens is 234 g/mol. The fourth-order valence-electron chi connectivity index (χ4n) is 1.73. The van der Waals surface area contributed by atoms with Crippen LogP contribution in [0.4, 0.5) is 0 Å². The molecule has 0 spiro atoms. The lowest BCUT2D eigenvalue weighted by atomic mass is 10.1. The van der Waals surface area contributed by atoms with Gasteiger partial charge in [0.1, 0.15) is 10.8 Å². The molecule has 0 unspecified atom stereocenters. The first-order valence-electron chi connectivity index (χ1n) is 5.51. The molecular formula is C13H15NO2S. The lowest BCUT2D eigenvalue weighted by Crippen LogP contribution is -1.91. The molecule has 0 saturated heterocycles. The van der Waals surface area contributed by atoms with Crippen molar-refractivity contribution in [2.75, 3.05) is 7.11 Å². The second-order valence-electron chi connectivity index (χ2n) is 3.66. The summed E-state index contributed by atoms with van der Waals surface area (Å²) in [4.78, 5) is 4.36. The van der Waals surface area contributed by atoms with Gasteiger partial charge in [0.2, 0.25) is 0 Å². The van der Waals surface area contributed by atoms with Crippen molar-refractivity contribution in [3.05, 3.63) is 34.2 Å². The maximum Gasteiger partial charge on any atom is 0.122 e. The van der Waals surface area contributed by atoms with E-state index in [1.54, 1.807) is 7.11 Å². The quantitative estimate of drug-likeness (QED) is 0.906. The molecule has 1 aromatic heterocycles. The molecule has 2 rings (SSSR count). The molecule has 90 valence electrons. The van der Waals surface area contributed by atoms with E-state index in [0.717, 1.165) is 28.4 Å². The predicted molar refractivity (Wildman–Crippen MR) is 69.4 cm³/mol. The summed E-state index contributed by atoms with van der Waals surface area (Å²) in [5.41, 5.74) is 3.15. The van der Waals surface area contributed by atoms with Gasteiger partial charge in [-0.25, -0.2) is 4.98 Å². The Kier molecular flexibility index (Phi) is 3.76. The number of hydrogen-bond donors (Lipinski definition) is 1. The van der Waals surface area contributed by atoms with Gasteiger partial charge in [0, 0.05) is 10.9 Å². The summed E-state index contributed by atoms with van der Waals surface area (Å²) in [6.07, 6.45) is 0.925. The number of thiazole rings is 1. The first-order chi connectivity index (χ1) is 8.28. The van der Waals surface area contributed by atoms with Crippen LogP contribution in [0.1, 0.15) is 17.5 Å². The molecule has 2 aromatic rings. The molecule has 0 saturated carbocycles. The van der Waals surface area contributed by atoms with Crippen LogP contribution in [-0.4, -0.2) is 17.2 Å². The maximum atomic E-state index is 9.01. The Morgan fingerprint density at radius 1 is 1.41 bits per heavy atom. The van der Waals surface area contributed by atoms with Gasteiger partial charge >= 0.3 is 0 Å². The molecule has 0 aliphatic carbocycles. The van der Waals surface area contributed by atoms with E-state index in [-0.39, 0.29) is 6.61 Å². The normalized spacial score (nSPS) is 10.5. The van der Waals surface area contributed by atoms with E-state index in [4.69, 9.17) is 9.84 Å². The fourth-order valence-corrected chi connectivity index (χ4v) is 2.39. The third-order valence-electron chi connectivity index (χ3n) is 2.64. The highest BCUT2D eigenvalue weighted by atomic mass is 32.1. The molecule has 0 aliphatic heterocycles. The summed E-state index contributed by atoms with van der Waals surface area (Å²) in [5.74, 6) is 0.911. The molecule has 0 aliphatic rings. The van der Waals surface area contributed by atoms with Gasteiger partial charge in [-0.3, -0.25) is 0 Å². The van der Waals surface area contributed by atoms with E-state index in [2.05, 4.69) is 18.0 Å². The summed E-state index contributed by atoms with van der Waals surface area (Å²) in [5, 5.41) is 11.7. The lowest BCUT2D eigenvalue weighted by Gasteiger charge is -2.07. The van der Waals surface area contributed by atoms with Gasteiger partial charge < -0.3 is 9.84 Å². The highest BCUT2D eigenvalue weighted by Gasteiger charge is 2.07. The van der Waals surface area contributed by atoms with Gasteiger partial charge in [-0.05, 0) is 30.2 Å². The van der Waals surface area contributed by atoms with Crippen molar-refractivity contribution in [3.8, 4) is 17.0 Å². The Morgan fingerprint density at radius 2 is 2.24 bits per heavy atom. The number of benzene rings is 1. The van der Waals surface area contributed by atoms with Gasteiger partial charge in [0.25, 0.3) is 0 Å². The molecule has 1 aromatic carbocycles. The zero-order chi connectivity index (χ0) is 12.3. The van der Waals surface area contributed by atoms with Gasteiger partial charge in [-0.2, -0.15) is 0 Å². The van der Waals surface area contributed by atoms with Crippen molar-refractivity contribution in [2.45, 2.75) is 20.0 Å². The monoisotopic (exact) mass is 249 g/mol. The van der Waals surface area contributed by atoms with Crippen LogP contribution in [0.5, 0.6) is 5.75 Å². The third kappa shape index (κ3) is 2.48. The number of nitrogens with zero attached hydrogens (tertiary/aromatic N) is 1. The molecule has 1 heterocycles. The van der Waals surface area contributed by atoms with E-state index < -0.39 is 0 Å². The van der Waals surface area contributed by atoms with Gasteiger partial charge in [0.15, 0.2) is 0 Å². The zero-order valence-electron chi connectivity index (χ0n) is 9.93. The third-order valence-corrected chi connectivity index (χ3v) is 3.48. The minimum absolute atomic E-state index is 0.00144. The van der Waals surface area contributed by atoms with Crippen LogP contribution in [0.3, 0.4) is 0 Å². The zero-order valence-corrected chi connectivity index (χ0v) is 10.8. The van der Waals surface area contributed by atoms with Crippen LogP contribution in [0, 0.1) is 0 Å². The Labute approximate surface area is 105 Å². The molecule has 0 bridgehead atoms. The maximum absolute atomic E-state index is 9.01. The van der Waals surface area contributed by atoms with E-state index in [0.29, 0.717) is 0 Å². The number of aliphatic hydroxyl groups excluding tert-OH is 1. The number of aromatic nitrogens is 1. The smallest absolute Gasteiger partial charge is 0.122 e. The van der Waals surface area contributed by atoms with Gasteiger partial charge in [0.05, 0.1) is 19.4 Å². The van der Waals surface area contributed by atoms with Crippen molar-refractivity contribution in [3.63, 3.8) is 0 Å². The van der Waals surface area contributed by atoms with Crippen molar-refractivity contribution >= 4 is 11.3 Å². The van der Waals surface area contributed by atoms with Crippen LogP contribution in [0.25, 0.3) is 11.3 Å². The lowest BCUT2D eigenvalue weighted by molar-refractivity contribution is 0.281. The highest BCUT2D eigenvalue weighted by molar-refractivity contribution is 7.09. The van der Waals surface area contributed by atoms with Crippen LogP contribution in [0.2, 0.25) is 0 Å². The summed E-state index contributed by atoms with van der Waals surface area (Å²) in [6, 6.07) is 6.05. The number of hydrogen-bond acceptors (Lipinski definition) is 4. The number of rotatable bonds is 4. The second kappa shape index (κ2) is 5.29. The Bertz CT molecular complexity index is 508. The fraction of sp³-hybridized carbons (Fsp3) is 0.308. The molecule has 4 heteroatoms. The summed E-state index contributed by atoms with van der Waals surface area (Å²) >= 11 is 1.48. The summed E-state index contributed by atoms with van der Waals surface area (Å²) in [7, 11) is 1.68. The molecule has 0 amide bonds. The van der Waals surface area contributed by atoms with E-state index in [9.17, 15) is 0 Å². The molecule has 0 radical (unpaired) electrons. The number of aryl methyl sites for hydroxylation is 1. The summed E-state index contributed by atoms with van der Waals surface area (Å²) < 4.78 is 5.30. The minimum atomic E-state index is 0.00144. The molecule has 1 N–H and O–H groups in total. The average molecular weight is 249 g/mol. The number of aliphatic hydroxyl groups is 1. The Balaban J connectivity index is 2.38. The molecule has 0 fully saturated rings. The number of methoxy groups -OCH3 is 1. The molecule has 0 atom stereocenters. The first-order valence-corrected chi connectivity index (χ1v) is 6.39. The van der Waals surface area contributed by atoms with Crippen LogP contribution in [0.15, 0.2) is 23.6 Å². The van der Waals surface area contributed by atoms with E-state index in [1.807, 2.05) is 17.5 Å². The van der Waals surface area contributed by atoms with Crippen molar-refractivity contribution in [2.24, 2.45) is 0 Å². The largest absolute Gasteiger partial charge is 0.496 e. The topological polar surface area (TPSA) is 42.4 Å². The van der Waals surface area contributed by atoms with Crippen molar-refractivity contribution in [1.82, 2.24) is 4.98 Å². The van der Waals surface area contributed by atoms with E-state index >= 15 is 0 Å². The first kappa shape index (κ1) is 12.1. The predicted octanol–water partition coefficient (Wildman–Crippen LogP) is 2.87. The standard InChI is InChI=1S/C13H15NO2S/c1-3-9-6-10(4-5-12(9)16-2)11-8-17-13(7-15)14-11/h4-6,8,15H,3,7H2,1-2H3. The van der Waals surface area contributed by atoms with Crippen LogP contribution in [-0.2, 0) is 13.0 Å². The molecule has 17 heavy (non-hydrogen) atoms. The second-order valence-corrected chi connectivity index (χ2v) is 4.61. The van der Waals surface area contributed by atoms with E-state index in [1.165, 1.54) is 16.9 Å². The average Bonchev–Trinajstić information content (AvgIpc) is 2.86. The Morgan fingerprint density at radius 3 is 2.82 bits per heavy atom. The van der Waals surface area contributed by atoms with Crippen molar-refractivity contribution in [1.29, 1.82) is 0 Å². The highest BCUT2D eigenvalue weighted by Crippen LogP contribution is 2.27. The SMILES string of the molecule is CCc1cc(-c2csc(CO)n2)ccc1OC. The van der Waals surface area contributed by atoms with Crippen LogP contribution >= 0.6 is 11.3 Å². The minimum Gasteiger partial charge on any atom is -0.496 e. The van der Waals surface area contributed by atoms with Gasteiger partial charge in [-0.15, -0.1) is 11.3 Å². The Hall–Kier alpha value is -1.39. The number of ether oxygens (including phenoxy) is 1. The summed E-state index contributed by atoms with van der Waals surface area (Å²) in [6.45, 7) is 2.10. The molecule has 3 nitrogen and oxygen atoms in total. The van der Waals surface area contributed by atoms with Crippen molar-refractivity contribution < 1.29 is 9.84 Å². The van der Waals surface area contributed by atoms with Crippen LogP contribution < -0.4 is 4.74 Å².